The van der Waals surface area contributed by atoms with Gasteiger partial charge in [-0.05, 0) is 62.4 Å². The average molecular weight is 502 g/mol. The molecule has 1 amide bonds. The van der Waals surface area contributed by atoms with Crippen LogP contribution in [0, 0.1) is 5.82 Å². The number of aryl methyl sites for hydroxylation is 1. The number of hydrogen-bond acceptors (Lipinski definition) is 7. The van der Waals surface area contributed by atoms with Crippen molar-refractivity contribution in [3.8, 4) is 0 Å². The van der Waals surface area contributed by atoms with Crippen LogP contribution in [-0.4, -0.2) is 43.4 Å². The molecule has 2 aromatic rings. The van der Waals surface area contributed by atoms with Crippen molar-refractivity contribution in [2.24, 2.45) is 0 Å². The van der Waals surface area contributed by atoms with Crippen LogP contribution in [0.15, 0.2) is 24.3 Å². The molecule has 184 valence electrons. The second-order valence-corrected chi connectivity index (χ2v) is 8.57. The molecule has 1 aromatic heterocycles. The Labute approximate surface area is 196 Å². The van der Waals surface area contributed by atoms with Crippen LogP contribution in [0.1, 0.15) is 50.9 Å². The standard InChI is InChI=1S/C22H22F4N2O5S/c1-3-33-20(31)21(22(24,25)26,27-17(29)12-8-10-13(23)11-9-12)28-18-16(19(30)32-2)14-6-4-5-7-15(14)34-18/h8-11,28H,3-7H2,1-2H3,(H,27,29). The SMILES string of the molecule is CCOC(=O)C(NC(=O)c1ccc(F)cc1)(Nc1sc2c(c1C(=O)OC)CCCC2)C(F)(F)F. The first-order valence-electron chi connectivity index (χ1n) is 10.4. The lowest BCUT2D eigenvalue weighted by atomic mass is 9.95. The largest absolute Gasteiger partial charge is 0.465 e. The molecule has 0 aliphatic heterocycles. The topological polar surface area (TPSA) is 93.7 Å². The number of carbonyl (C=O) groups is 3. The predicted octanol–water partition coefficient (Wildman–Crippen LogP) is 4.22. The summed E-state index contributed by atoms with van der Waals surface area (Å²) in [6.45, 7) is 0.903. The number of esters is 2. The molecule has 0 bridgehead atoms. The van der Waals surface area contributed by atoms with Crippen molar-refractivity contribution >= 4 is 34.2 Å². The smallest absolute Gasteiger partial charge is 0.441 e. The number of nitrogens with one attached hydrogen (secondary N) is 2. The average Bonchev–Trinajstić information content (AvgIpc) is 3.15. The molecule has 7 nitrogen and oxygen atoms in total. The monoisotopic (exact) mass is 502 g/mol. The quantitative estimate of drug-likeness (QED) is 0.335. The van der Waals surface area contributed by atoms with Gasteiger partial charge >= 0.3 is 23.8 Å². The summed E-state index contributed by atoms with van der Waals surface area (Å²) in [4.78, 5) is 38.6. The molecule has 1 aliphatic rings. The Kier molecular flexibility index (Phi) is 7.49. The maximum absolute atomic E-state index is 14.5. The lowest BCUT2D eigenvalue weighted by molar-refractivity contribution is -0.204. The number of carbonyl (C=O) groups excluding carboxylic acids is 3. The fraction of sp³-hybridized carbons (Fsp3) is 0.409. The zero-order valence-electron chi connectivity index (χ0n) is 18.3. The Morgan fingerprint density at radius 1 is 1.09 bits per heavy atom. The maximum Gasteiger partial charge on any atom is 0.441 e. The second kappa shape index (κ2) is 10.00. The summed E-state index contributed by atoms with van der Waals surface area (Å²) in [5.74, 6) is -4.69. The summed E-state index contributed by atoms with van der Waals surface area (Å²) in [6.07, 6.45) is -2.87. The van der Waals surface area contributed by atoms with E-state index in [9.17, 15) is 31.9 Å². The summed E-state index contributed by atoms with van der Waals surface area (Å²) < 4.78 is 66.3. The molecular formula is C22H22F4N2O5S. The number of halogens is 4. The normalized spacial score (nSPS) is 15.0. The van der Waals surface area contributed by atoms with Crippen molar-refractivity contribution in [3.63, 3.8) is 0 Å². The third kappa shape index (κ3) is 4.86. The van der Waals surface area contributed by atoms with Crippen LogP contribution >= 0.6 is 11.3 Å². The first kappa shape index (κ1) is 25.5. The zero-order chi connectivity index (χ0) is 25.1. The molecule has 0 radical (unpaired) electrons. The van der Waals surface area contributed by atoms with E-state index in [4.69, 9.17) is 4.74 Å². The first-order chi connectivity index (χ1) is 16.0. The first-order valence-corrected chi connectivity index (χ1v) is 11.2. The molecule has 0 saturated heterocycles. The summed E-state index contributed by atoms with van der Waals surface area (Å²) in [5, 5.41) is 3.49. The van der Waals surface area contributed by atoms with E-state index < -0.39 is 42.1 Å². The zero-order valence-corrected chi connectivity index (χ0v) is 19.1. The lowest BCUT2D eigenvalue weighted by Gasteiger charge is -2.35. The van der Waals surface area contributed by atoms with Gasteiger partial charge in [-0.15, -0.1) is 11.3 Å². The van der Waals surface area contributed by atoms with Crippen LogP contribution in [0.3, 0.4) is 0 Å². The summed E-state index contributed by atoms with van der Waals surface area (Å²) in [6, 6.07) is 3.73. The molecule has 0 spiro atoms. The minimum atomic E-state index is -5.40. The van der Waals surface area contributed by atoms with E-state index in [0.29, 0.717) is 23.3 Å². The molecule has 0 fully saturated rings. The molecule has 1 aliphatic carbocycles. The number of anilines is 1. The third-order valence-electron chi connectivity index (χ3n) is 5.28. The van der Waals surface area contributed by atoms with Gasteiger partial charge < -0.3 is 20.1 Å². The molecule has 1 aromatic carbocycles. The number of ether oxygens (including phenoxy) is 2. The summed E-state index contributed by atoms with van der Waals surface area (Å²) in [5.41, 5.74) is -3.61. The van der Waals surface area contributed by atoms with E-state index >= 15 is 0 Å². The Balaban J connectivity index is 2.13. The number of hydrogen-bond donors (Lipinski definition) is 2. The summed E-state index contributed by atoms with van der Waals surface area (Å²) >= 11 is 0.888. The van der Waals surface area contributed by atoms with Crippen molar-refractivity contribution in [3.05, 3.63) is 51.7 Å². The fourth-order valence-electron chi connectivity index (χ4n) is 3.62. The molecular weight excluding hydrogens is 480 g/mol. The summed E-state index contributed by atoms with van der Waals surface area (Å²) in [7, 11) is 1.09. The van der Waals surface area contributed by atoms with Crippen LogP contribution < -0.4 is 10.6 Å². The highest BCUT2D eigenvalue weighted by atomic mass is 32.1. The van der Waals surface area contributed by atoms with Gasteiger partial charge in [0.2, 0.25) is 0 Å². The third-order valence-corrected chi connectivity index (χ3v) is 6.48. The minimum absolute atomic E-state index is 0.115. The van der Waals surface area contributed by atoms with Crippen molar-refractivity contribution in [1.29, 1.82) is 0 Å². The van der Waals surface area contributed by atoms with Gasteiger partial charge in [0, 0.05) is 10.4 Å². The number of rotatable bonds is 7. The molecule has 1 unspecified atom stereocenters. The van der Waals surface area contributed by atoms with E-state index in [0.717, 1.165) is 55.6 Å². The van der Waals surface area contributed by atoms with Crippen LogP contribution in [0.2, 0.25) is 0 Å². The molecule has 2 N–H and O–H groups in total. The molecule has 12 heteroatoms. The number of methoxy groups -OCH3 is 1. The van der Waals surface area contributed by atoms with Crippen LogP contribution in [0.4, 0.5) is 22.6 Å². The van der Waals surface area contributed by atoms with Crippen LogP contribution in [-0.2, 0) is 27.1 Å². The van der Waals surface area contributed by atoms with E-state index in [1.165, 1.54) is 6.92 Å². The highest BCUT2D eigenvalue weighted by Gasteiger charge is 2.64. The van der Waals surface area contributed by atoms with Gasteiger partial charge in [0.1, 0.15) is 10.8 Å². The number of amides is 1. The molecule has 3 rings (SSSR count). The van der Waals surface area contributed by atoms with Crippen molar-refractivity contribution in [2.75, 3.05) is 19.0 Å². The van der Waals surface area contributed by atoms with E-state index in [1.54, 1.807) is 5.32 Å². The van der Waals surface area contributed by atoms with Crippen molar-refractivity contribution < 1.29 is 41.4 Å². The Bertz CT molecular complexity index is 1080. The molecule has 1 heterocycles. The highest BCUT2D eigenvalue weighted by molar-refractivity contribution is 7.16. The molecule has 0 saturated carbocycles. The van der Waals surface area contributed by atoms with Gasteiger partial charge in [-0.25, -0.2) is 14.0 Å². The van der Waals surface area contributed by atoms with Crippen LogP contribution in [0.25, 0.3) is 0 Å². The molecule has 34 heavy (non-hydrogen) atoms. The Morgan fingerprint density at radius 2 is 1.74 bits per heavy atom. The van der Waals surface area contributed by atoms with Gasteiger partial charge in [-0.1, -0.05) is 0 Å². The van der Waals surface area contributed by atoms with Gasteiger partial charge in [-0.3, -0.25) is 4.79 Å². The number of fused-ring (bicyclic) bond motifs is 1. The maximum atomic E-state index is 14.5. The highest BCUT2D eigenvalue weighted by Crippen LogP contribution is 2.42. The molecule has 1 atom stereocenters. The number of alkyl halides is 3. The Hall–Kier alpha value is -3.15. The van der Waals surface area contributed by atoms with E-state index in [2.05, 4.69) is 10.1 Å². The van der Waals surface area contributed by atoms with Gasteiger partial charge in [0.15, 0.2) is 0 Å². The van der Waals surface area contributed by atoms with Crippen LogP contribution in [0.5, 0.6) is 0 Å². The van der Waals surface area contributed by atoms with Crippen molar-refractivity contribution in [1.82, 2.24) is 5.32 Å². The minimum Gasteiger partial charge on any atom is -0.465 e. The number of thiophene rings is 1. The van der Waals surface area contributed by atoms with Crippen molar-refractivity contribution in [2.45, 2.75) is 44.4 Å². The predicted molar refractivity (Wildman–Crippen MR) is 115 cm³/mol. The van der Waals surface area contributed by atoms with Gasteiger partial charge in [-0.2, -0.15) is 13.2 Å². The fourth-order valence-corrected chi connectivity index (χ4v) is 4.95. The lowest BCUT2D eigenvalue weighted by Crippen LogP contribution is -2.69. The van der Waals surface area contributed by atoms with E-state index in [1.807, 2.05) is 0 Å². The number of benzene rings is 1. The second-order valence-electron chi connectivity index (χ2n) is 7.46. The van der Waals surface area contributed by atoms with E-state index in [-0.39, 0.29) is 16.1 Å². The van der Waals surface area contributed by atoms with Gasteiger partial charge in [0.25, 0.3) is 5.91 Å². The van der Waals surface area contributed by atoms with Gasteiger partial charge in [0.05, 0.1) is 19.3 Å². The Morgan fingerprint density at radius 3 is 2.32 bits per heavy atom.